The highest BCUT2D eigenvalue weighted by molar-refractivity contribution is 9.10. The number of ether oxygens (including phenoxy) is 1. The van der Waals surface area contributed by atoms with Crippen LogP contribution in [-0.2, 0) is 16.6 Å². The minimum Gasteiger partial charge on any atom is -0.435 e. The Balaban J connectivity index is 1.52. The highest BCUT2D eigenvalue weighted by Gasteiger charge is 2.50. The van der Waals surface area contributed by atoms with Crippen LogP contribution in [0.5, 0.6) is 5.75 Å². The summed E-state index contributed by atoms with van der Waals surface area (Å²) in [6.07, 6.45) is 2.36. The van der Waals surface area contributed by atoms with Crippen LogP contribution in [-0.4, -0.2) is 19.1 Å². The molecule has 1 aliphatic carbocycles. The molecule has 0 bridgehead atoms. The van der Waals surface area contributed by atoms with E-state index in [4.69, 9.17) is 0 Å². The van der Waals surface area contributed by atoms with E-state index >= 15 is 0 Å². The summed E-state index contributed by atoms with van der Waals surface area (Å²) in [7, 11) is 0. The van der Waals surface area contributed by atoms with E-state index in [2.05, 4.69) is 26.0 Å². The van der Waals surface area contributed by atoms with Crippen molar-refractivity contribution in [3.05, 3.63) is 64.1 Å². The molecule has 0 unspecified atom stereocenters. The number of alkyl halides is 2. The van der Waals surface area contributed by atoms with Gasteiger partial charge in [-0.25, -0.2) is 0 Å². The lowest BCUT2D eigenvalue weighted by molar-refractivity contribution is -0.123. The molecule has 1 saturated carbocycles. The van der Waals surface area contributed by atoms with Crippen molar-refractivity contribution in [2.75, 3.05) is 6.54 Å². The summed E-state index contributed by atoms with van der Waals surface area (Å²) in [5.41, 5.74) is 1.60. The van der Waals surface area contributed by atoms with Gasteiger partial charge in [-0.05, 0) is 54.7 Å². The summed E-state index contributed by atoms with van der Waals surface area (Å²) in [6, 6.07) is 14.3. The first kappa shape index (κ1) is 17.9. The van der Waals surface area contributed by atoms with E-state index in [0.717, 1.165) is 28.4 Å². The van der Waals surface area contributed by atoms with Crippen LogP contribution >= 0.6 is 15.9 Å². The van der Waals surface area contributed by atoms with Crippen molar-refractivity contribution in [1.82, 2.24) is 5.32 Å². The van der Waals surface area contributed by atoms with Crippen LogP contribution in [0.1, 0.15) is 24.0 Å². The number of carbonyl (C=O) groups is 1. The molecule has 0 radical (unpaired) electrons. The van der Waals surface area contributed by atoms with Crippen LogP contribution in [0.25, 0.3) is 0 Å². The molecular formula is C19H18BrF2NO2. The summed E-state index contributed by atoms with van der Waals surface area (Å²) in [4.78, 5) is 12.6. The number of benzene rings is 2. The van der Waals surface area contributed by atoms with Gasteiger partial charge in [0.25, 0.3) is 0 Å². The molecule has 1 N–H and O–H groups in total. The topological polar surface area (TPSA) is 38.3 Å². The van der Waals surface area contributed by atoms with Crippen LogP contribution in [0.15, 0.2) is 53.0 Å². The molecule has 0 saturated heterocycles. The largest absolute Gasteiger partial charge is 0.435 e. The maximum absolute atomic E-state index is 12.6. The zero-order valence-corrected chi connectivity index (χ0v) is 15.1. The number of hydrogen-bond donors (Lipinski definition) is 1. The Morgan fingerprint density at radius 3 is 2.32 bits per heavy atom. The van der Waals surface area contributed by atoms with Crippen molar-refractivity contribution in [3.8, 4) is 5.75 Å². The monoisotopic (exact) mass is 409 g/mol. The smallest absolute Gasteiger partial charge is 0.387 e. The normalized spacial score (nSPS) is 15.0. The summed E-state index contributed by atoms with van der Waals surface area (Å²) < 4.78 is 29.5. The van der Waals surface area contributed by atoms with Gasteiger partial charge in [-0.2, -0.15) is 8.78 Å². The van der Waals surface area contributed by atoms with Crippen molar-refractivity contribution in [2.45, 2.75) is 31.3 Å². The summed E-state index contributed by atoms with van der Waals surface area (Å²) in [5.74, 6) is 0.183. The number of carbonyl (C=O) groups excluding carboxylic acids is 1. The van der Waals surface area contributed by atoms with Crippen molar-refractivity contribution in [2.24, 2.45) is 0 Å². The Morgan fingerprint density at radius 1 is 1.12 bits per heavy atom. The van der Waals surface area contributed by atoms with Gasteiger partial charge in [-0.15, -0.1) is 0 Å². The third kappa shape index (κ3) is 4.37. The van der Waals surface area contributed by atoms with Crippen molar-refractivity contribution in [3.63, 3.8) is 0 Å². The van der Waals surface area contributed by atoms with Crippen LogP contribution < -0.4 is 10.1 Å². The fourth-order valence-corrected chi connectivity index (χ4v) is 3.13. The predicted molar refractivity (Wildman–Crippen MR) is 94.8 cm³/mol. The van der Waals surface area contributed by atoms with Gasteiger partial charge in [0, 0.05) is 11.0 Å². The van der Waals surface area contributed by atoms with E-state index in [-0.39, 0.29) is 11.7 Å². The molecule has 2 aromatic rings. The number of rotatable bonds is 7. The summed E-state index contributed by atoms with van der Waals surface area (Å²) in [6.45, 7) is -2.31. The zero-order valence-electron chi connectivity index (χ0n) is 13.5. The van der Waals surface area contributed by atoms with Crippen molar-refractivity contribution >= 4 is 21.8 Å². The molecular weight excluding hydrogens is 392 g/mol. The van der Waals surface area contributed by atoms with E-state index in [1.54, 1.807) is 12.1 Å². The van der Waals surface area contributed by atoms with Gasteiger partial charge in [0.1, 0.15) is 5.75 Å². The summed E-state index contributed by atoms with van der Waals surface area (Å²) in [5, 5.41) is 2.99. The maximum atomic E-state index is 12.6. The maximum Gasteiger partial charge on any atom is 0.387 e. The Morgan fingerprint density at radius 2 is 1.76 bits per heavy atom. The van der Waals surface area contributed by atoms with Crippen LogP contribution in [0.2, 0.25) is 0 Å². The van der Waals surface area contributed by atoms with Crippen molar-refractivity contribution in [1.29, 1.82) is 0 Å². The van der Waals surface area contributed by atoms with E-state index in [1.165, 1.54) is 12.1 Å². The first-order chi connectivity index (χ1) is 12.0. The third-order valence-corrected chi connectivity index (χ3v) is 4.96. The minimum atomic E-state index is -2.82. The van der Waals surface area contributed by atoms with Gasteiger partial charge < -0.3 is 10.1 Å². The lowest BCUT2D eigenvalue weighted by Crippen LogP contribution is -2.35. The molecule has 1 aliphatic rings. The molecule has 2 aromatic carbocycles. The average Bonchev–Trinajstić information content (AvgIpc) is 3.38. The standard InChI is InChI=1S/C19H18BrF2NO2/c20-15-5-3-14(4-6-15)19(10-11-19)17(24)23-12-9-13-1-7-16(8-2-13)25-18(21)22/h1-8,18H,9-12H2,(H,23,24). The van der Waals surface area contributed by atoms with E-state index < -0.39 is 12.0 Å². The first-order valence-corrected chi connectivity index (χ1v) is 8.87. The van der Waals surface area contributed by atoms with E-state index in [1.807, 2.05) is 24.3 Å². The summed E-state index contributed by atoms with van der Waals surface area (Å²) >= 11 is 3.40. The second-order valence-corrected chi connectivity index (χ2v) is 7.03. The van der Waals surface area contributed by atoms with Gasteiger partial charge >= 0.3 is 6.61 Å². The molecule has 25 heavy (non-hydrogen) atoms. The molecule has 0 spiro atoms. The SMILES string of the molecule is O=C(NCCc1ccc(OC(F)F)cc1)C1(c2ccc(Br)cc2)CC1. The molecule has 132 valence electrons. The quantitative estimate of drug-likeness (QED) is 0.733. The fourth-order valence-electron chi connectivity index (χ4n) is 2.87. The zero-order chi connectivity index (χ0) is 17.9. The van der Waals surface area contributed by atoms with Crippen molar-refractivity contribution < 1.29 is 18.3 Å². The van der Waals surface area contributed by atoms with Gasteiger partial charge in [0.15, 0.2) is 0 Å². The molecule has 1 fully saturated rings. The predicted octanol–water partition coefficient (Wildman–Crippen LogP) is 4.44. The second-order valence-electron chi connectivity index (χ2n) is 6.12. The van der Waals surface area contributed by atoms with Gasteiger partial charge in [0.2, 0.25) is 5.91 Å². The molecule has 3 rings (SSSR count). The molecule has 0 aromatic heterocycles. The molecule has 1 amide bonds. The van der Waals surface area contributed by atoms with Gasteiger partial charge in [0.05, 0.1) is 5.41 Å². The number of hydrogen-bond acceptors (Lipinski definition) is 2. The second kappa shape index (κ2) is 7.52. The van der Waals surface area contributed by atoms with Crippen LogP contribution in [0.3, 0.4) is 0 Å². The van der Waals surface area contributed by atoms with Gasteiger partial charge in [-0.1, -0.05) is 40.2 Å². The highest BCUT2D eigenvalue weighted by Crippen LogP contribution is 2.48. The average molecular weight is 410 g/mol. The Kier molecular flexibility index (Phi) is 5.37. The number of halogens is 3. The first-order valence-electron chi connectivity index (χ1n) is 8.08. The molecule has 0 aliphatic heterocycles. The molecule has 0 heterocycles. The fraction of sp³-hybridized carbons (Fsp3) is 0.316. The highest BCUT2D eigenvalue weighted by atomic mass is 79.9. The Bertz CT molecular complexity index is 728. The lowest BCUT2D eigenvalue weighted by Gasteiger charge is -2.16. The van der Waals surface area contributed by atoms with E-state index in [0.29, 0.717) is 13.0 Å². The third-order valence-electron chi connectivity index (χ3n) is 4.43. The van der Waals surface area contributed by atoms with Gasteiger partial charge in [-0.3, -0.25) is 4.79 Å². The lowest BCUT2D eigenvalue weighted by atomic mass is 9.95. The molecule has 6 heteroatoms. The number of amides is 1. The van der Waals surface area contributed by atoms with E-state index in [9.17, 15) is 13.6 Å². The molecule has 3 nitrogen and oxygen atoms in total. The Labute approximate surface area is 153 Å². The molecule has 0 atom stereocenters. The van der Waals surface area contributed by atoms with Crippen LogP contribution in [0, 0.1) is 0 Å². The van der Waals surface area contributed by atoms with Crippen LogP contribution in [0.4, 0.5) is 8.78 Å². The Hall–Kier alpha value is -1.95. The number of nitrogens with one attached hydrogen (secondary N) is 1. The minimum absolute atomic E-state index is 0.0486.